The Hall–Kier alpha value is -2.75. The Morgan fingerprint density at radius 1 is 1.21 bits per heavy atom. The maximum absolute atomic E-state index is 12.6. The number of fused-ring (bicyclic) bond motifs is 3. The minimum absolute atomic E-state index is 0.0347. The number of nitrogens with zero attached hydrogens (tertiary/aromatic N) is 1. The molecule has 0 spiro atoms. The summed E-state index contributed by atoms with van der Waals surface area (Å²) >= 11 is 0. The smallest absolute Gasteiger partial charge is 0.322 e. The predicted molar refractivity (Wildman–Crippen MR) is 97.3 cm³/mol. The van der Waals surface area contributed by atoms with Crippen LogP contribution >= 0.6 is 0 Å². The first-order valence-corrected chi connectivity index (χ1v) is 8.48. The van der Waals surface area contributed by atoms with Gasteiger partial charge in [-0.1, -0.05) is 37.3 Å². The van der Waals surface area contributed by atoms with E-state index in [4.69, 9.17) is 0 Å². The molecule has 2 aromatic carbocycles. The number of rotatable bonds is 2. The molecule has 2 amide bonds. The lowest BCUT2D eigenvalue weighted by Gasteiger charge is -2.27. The molecule has 0 unspecified atom stereocenters. The number of H-pyrrole nitrogens is 1. The van der Waals surface area contributed by atoms with Gasteiger partial charge in [-0.05, 0) is 42.2 Å². The van der Waals surface area contributed by atoms with E-state index in [-0.39, 0.29) is 6.03 Å². The van der Waals surface area contributed by atoms with E-state index in [0.29, 0.717) is 6.54 Å². The van der Waals surface area contributed by atoms with Gasteiger partial charge in [-0.25, -0.2) is 4.79 Å². The van der Waals surface area contributed by atoms with E-state index in [1.165, 1.54) is 16.5 Å². The molecule has 4 heteroatoms. The number of hydrogen-bond donors (Lipinski definition) is 2. The normalized spacial score (nSPS) is 13.8. The fraction of sp³-hybridized carbons (Fsp3) is 0.250. The summed E-state index contributed by atoms with van der Waals surface area (Å²) in [6, 6.07) is 16.4. The summed E-state index contributed by atoms with van der Waals surface area (Å²) in [7, 11) is 0. The van der Waals surface area contributed by atoms with Gasteiger partial charge in [0.15, 0.2) is 0 Å². The van der Waals surface area contributed by atoms with Crippen LogP contribution in [0.2, 0.25) is 0 Å². The molecule has 0 fully saturated rings. The number of nitrogens with one attached hydrogen (secondary N) is 2. The van der Waals surface area contributed by atoms with Gasteiger partial charge in [0.1, 0.15) is 0 Å². The lowest BCUT2D eigenvalue weighted by molar-refractivity contribution is 0.206. The van der Waals surface area contributed by atoms with Crippen LogP contribution in [0.3, 0.4) is 0 Å². The lowest BCUT2D eigenvalue weighted by atomic mass is 10.0. The van der Waals surface area contributed by atoms with Crippen LogP contribution in [0.25, 0.3) is 10.9 Å². The van der Waals surface area contributed by atoms with Crippen LogP contribution in [0.15, 0.2) is 48.5 Å². The first-order valence-electron chi connectivity index (χ1n) is 8.48. The monoisotopic (exact) mass is 319 g/mol. The van der Waals surface area contributed by atoms with Crippen LogP contribution in [-0.4, -0.2) is 22.5 Å². The largest absolute Gasteiger partial charge is 0.357 e. The molecular formula is C20H21N3O. The molecule has 4 rings (SSSR count). The van der Waals surface area contributed by atoms with Crippen molar-refractivity contribution in [3.05, 3.63) is 65.4 Å². The van der Waals surface area contributed by atoms with Gasteiger partial charge < -0.3 is 15.2 Å². The molecule has 4 nitrogen and oxygen atoms in total. The van der Waals surface area contributed by atoms with Gasteiger partial charge in [0, 0.05) is 28.8 Å². The second kappa shape index (κ2) is 6.04. The summed E-state index contributed by atoms with van der Waals surface area (Å²) in [5.74, 6) is 0. The molecule has 0 atom stereocenters. The van der Waals surface area contributed by atoms with Crippen LogP contribution in [0.5, 0.6) is 0 Å². The molecule has 1 aliphatic heterocycles. The van der Waals surface area contributed by atoms with Crippen molar-refractivity contribution in [1.29, 1.82) is 0 Å². The molecule has 24 heavy (non-hydrogen) atoms. The number of benzene rings is 2. The summed E-state index contributed by atoms with van der Waals surface area (Å²) in [4.78, 5) is 17.9. The number of para-hydroxylation sites is 1. The van der Waals surface area contributed by atoms with Crippen LogP contribution < -0.4 is 5.32 Å². The Morgan fingerprint density at radius 2 is 2.08 bits per heavy atom. The standard InChI is InChI=1S/C20H21N3O/c1-2-14-6-5-7-15(12-14)21-20(24)23-11-10-17-16-8-3-4-9-18(16)22-19(17)13-23/h3-9,12,22H,2,10-11,13H2,1H3,(H,21,24). The number of urea groups is 1. The summed E-state index contributed by atoms with van der Waals surface area (Å²) in [5.41, 5.74) is 5.74. The Bertz CT molecular complexity index is 897. The molecule has 3 aromatic rings. The number of carbonyl (C=O) groups is 1. The molecule has 1 aliphatic rings. The number of amides is 2. The van der Waals surface area contributed by atoms with Crippen molar-refractivity contribution in [1.82, 2.24) is 9.88 Å². The van der Waals surface area contributed by atoms with Gasteiger partial charge in [0.2, 0.25) is 0 Å². The van der Waals surface area contributed by atoms with Crippen molar-refractivity contribution in [2.45, 2.75) is 26.3 Å². The topological polar surface area (TPSA) is 48.1 Å². The first kappa shape index (κ1) is 14.8. The van der Waals surface area contributed by atoms with E-state index in [9.17, 15) is 4.79 Å². The Balaban J connectivity index is 1.52. The van der Waals surface area contributed by atoms with Crippen LogP contribution in [0, 0.1) is 0 Å². The third kappa shape index (κ3) is 2.64. The number of hydrogen-bond acceptors (Lipinski definition) is 1. The molecule has 0 bridgehead atoms. The van der Waals surface area contributed by atoms with E-state index >= 15 is 0 Å². The number of aromatic amines is 1. The van der Waals surface area contributed by atoms with E-state index in [2.05, 4.69) is 41.5 Å². The summed E-state index contributed by atoms with van der Waals surface area (Å²) in [6.07, 6.45) is 1.85. The van der Waals surface area contributed by atoms with Crippen molar-refractivity contribution < 1.29 is 4.79 Å². The number of carbonyl (C=O) groups excluding carboxylic acids is 1. The second-order valence-corrected chi connectivity index (χ2v) is 6.28. The molecule has 2 N–H and O–H groups in total. The zero-order valence-electron chi connectivity index (χ0n) is 13.8. The van der Waals surface area contributed by atoms with Crippen LogP contribution in [0.1, 0.15) is 23.7 Å². The summed E-state index contributed by atoms with van der Waals surface area (Å²) in [6.45, 7) is 3.49. The third-order valence-corrected chi connectivity index (χ3v) is 4.76. The van der Waals surface area contributed by atoms with Crippen molar-refractivity contribution in [2.24, 2.45) is 0 Å². The molecule has 0 saturated heterocycles. The van der Waals surface area contributed by atoms with Gasteiger partial charge in [-0.3, -0.25) is 0 Å². The number of aromatic nitrogens is 1. The maximum Gasteiger partial charge on any atom is 0.322 e. The zero-order chi connectivity index (χ0) is 16.5. The van der Waals surface area contributed by atoms with Crippen molar-refractivity contribution in [2.75, 3.05) is 11.9 Å². The Morgan fingerprint density at radius 3 is 2.96 bits per heavy atom. The fourth-order valence-electron chi connectivity index (χ4n) is 3.44. The van der Waals surface area contributed by atoms with E-state index in [1.54, 1.807) is 0 Å². The zero-order valence-corrected chi connectivity index (χ0v) is 13.8. The fourth-order valence-corrected chi connectivity index (χ4v) is 3.44. The minimum atomic E-state index is -0.0347. The van der Waals surface area contributed by atoms with E-state index in [1.807, 2.05) is 29.2 Å². The highest BCUT2D eigenvalue weighted by Gasteiger charge is 2.23. The van der Waals surface area contributed by atoms with Crippen molar-refractivity contribution >= 4 is 22.6 Å². The number of aryl methyl sites for hydroxylation is 1. The van der Waals surface area contributed by atoms with Gasteiger partial charge in [0.25, 0.3) is 0 Å². The van der Waals surface area contributed by atoms with Gasteiger partial charge >= 0.3 is 6.03 Å². The molecule has 0 aliphatic carbocycles. The Labute approximate surface area is 141 Å². The molecule has 0 saturated carbocycles. The second-order valence-electron chi connectivity index (χ2n) is 6.28. The van der Waals surface area contributed by atoms with Gasteiger partial charge in [-0.15, -0.1) is 0 Å². The highest BCUT2D eigenvalue weighted by molar-refractivity contribution is 5.90. The minimum Gasteiger partial charge on any atom is -0.357 e. The van der Waals surface area contributed by atoms with E-state index in [0.717, 1.165) is 36.3 Å². The van der Waals surface area contributed by atoms with Gasteiger partial charge in [0.05, 0.1) is 6.54 Å². The average molecular weight is 319 g/mol. The average Bonchev–Trinajstić information content (AvgIpc) is 2.99. The predicted octanol–water partition coefficient (Wildman–Crippen LogP) is 4.32. The highest BCUT2D eigenvalue weighted by atomic mass is 16.2. The van der Waals surface area contributed by atoms with Crippen LogP contribution in [0.4, 0.5) is 10.5 Å². The summed E-state index contributed by atoms with van der Waals surface area (Å²) < 4.78 is 0. The van der Waals surface area contributed by atoms with E-state index < -0.39 is 0 Å². The highest BCUT2D eigenvalue weighted by Crippen LogP contribution is 2.27. The number of anilines is 1. The molecular weight excluding hydrogens is 298 g/mol. The third-order valence-electron chi connectivity index (χ3n) is 4.76. The maximum atomic E-state index is 12.6. The first-order chi connectivity index (χ1) is 11.7. The Kier molecular flexibility index (Phi) is 3.73. The molecule has 122 valence electrons. The lowest BCUT2D eigenvalue weighted by Crippen LogP contribution is -2.38. The SMILES string of the molecule is CCc1cccc(NC(=O)N2CCc3c([nH]c4ccccc34)C2)c1. The molecule has 2 heterocycles. The molecule has 1 aromatic heterocycles. The quantitative estimate of drug-likeness (QED) is 0.726. The summed E-state index contributed by atoms with van der Waals surface area (Å²) in [5, 5.41) is 4.30. The van der Waals surface area contributed by atoms with Crippen molar-refractivity contribution in [3.63, 3.8) is 0 Å². The molecule has 0 radical (unpaired) electrons. The van der Waals surface area contributed by atoms with Crippen molar-refractivity contribution in [3.8, 4) is 0 Å². The van der Waals surface area contributed by atoms with Crippen LogP contribution in [-0.2, 0) is 19.4 Å². The van der Waals surface area contributed by atoms with Gasteiger partial charge in [-0.2, -0.15) is 0 Å².